The van der Waals surface area contributed by atoms with Gasteiger partial charge in [0.2, 0.25) is 5.88 Å². The number of nitrogens with zero attached hydrogens (tertiary/aromatic N) is 8. The zero-order valence-electron chi connectivity index (χ0n) is 37.7. The van der Waals surface area contributed by atoms with Crippen LogP contribution in [-0.4, -0.2) is 105 Å². The van der Waals surface area contributed by atoms with Crippen molar-refractivity contribution in [1.29, 1.82) is 0 Å². The van der Waals surface area contributed by atoms with Gasteiger partial charge in [0, 0.05) is 29.3 Å². The first-order chi connectivity index (χ1) is 34.2. The number of imidazole rings is 2. The highest BCUT2D eigenvalue weighted by molar-refractivity contribution is 6.05. The third kappa shape index (κ3) is 10.9. The largest absolute Gasteiger partial charge is 0.487 e. The normalized spacial score (nSPS) is 12.7. The van der Waals surface area contributed by atoms with Crippen molar-refractivity contribution in [2.45, 2.75) is 45.3 Å². The lowest BCUT2D eigenvalue weighted by Crippen LogP contribution is -2.26. The second-order valence-electron chi connectivity index (χ2n) is 16.0. The van der Waals surface area contributed by atoms with Crippen LogP contribution >= 0.6 is 0 Å². The SMILES string of the molecule is Cc1cc(NC(=O)c2c(C)nc3c(OC[C@H](O)CO)cc(-c4ccccc4C(F)(F)F)nn23)nc(OC[C@@H](O)COc2cc(-c3ccccc3C(F)(F)F)nn3c(C(=O)Nc4ccc(F)cn4)c(C)nc23)c1. The van der Waals surface area contributed by atoms with Crippen LogP contribution in [0.2, 0.25) is 0 Å². The van der Waals surface area contributed by atoms with Gasteiger partial charge >= 0.3 is 12.4 Å². The lowest BCUT2D eigenvalue weighted by atomic mass is 10.0. The molecule has 0 bridgehead atoms. The molecule has 6 aromatic heterocycles. The maximum atomic E-state index is 14.2. The van der Waals surface area contributed by atoms with Crippen molar-refractivity contribution >= 4 is 34.7 Å². The van der Waals surface area contributed by atoms with Crippen molar-refractivity contribution < 1.29 is 69.9 Å². The molecular weight excluding hydrogens is 966 g/mol. The number of fused-ring (bicyclic) bond motifs is 2. The number of ether oxygens (including phenoxy) is 3. The Morgan fingerprint density at radius 3 is 1.61 bits per heavy atom. The standard InChI is InChI=1S/C47H39F7N10O8/c1-23-14-38(60-45(69)41-25(3)57-42-35(70-20-27(66)19-65)16-33(62-64(41)42)29-8-4-6-10-31(29)46(49,50)51)58-39(15-23)72-22-28(67)21-71-36-17-34(30-9-5-7-11-32(30)47(52,53)54)61-63-40(24(2)56-43(36)63)44(68)59-37-13-12-26(48)18-55-37/h4-18,27-28,65-67H,19-22H2,1-3H3,(H,55,59,68)(H,58,60,69)/t27-,28+/m1/s1. The molecule has 0 radical (unpaired) electrons. The number of rotatable bonds is 16. The van der Waals surface area contributed by atoms with Gasteiger partial charge in [0.05, 0.1) is 46.7 Å². The van der Waals surface area contributed by atoms with Crippen LogP contribution in [0.1, 0.15) is 49.1 Å². The predicted octanol–water partition coefficient (Wildman–Crippen LogP) is 7.05. The molecule has 72 heavy (non-hydrogen) atoms. The highest BCUT2D eigenvalue weighted by atomic mass is 19.4. The Morgan fingerprint density at radius 2 is 1.12 bits per heavy atom. The molecule has 8 rings (SSSR count). The molecule has 2 atom stereocenters. The molecule has 25 heteroatoms. The van der Waals surface area contributed by atoms with Gasteiger partial charge in [0.25, 0.3) is 11.8 Å². The number of hydrogen-bond donors (Lipinski definition) is 5. The summed E-state index contributed by atoms with van der Waals surface area (Å²) in [5.41, 5.74) is -3.38. The minimum atomic E-state index is -4.82. The molecule has 5 N–H and O–H groups in total. The number of hydrogen-bond acceptors (Lipinski definition) is 14. The van der Waals surface area contributed by atoms with E-state index in [1.54, 1.807) is 6.92 Å². The molecule has 0 saturated carbocycles. The van der Waals surface area contributed by atoms with E-state index >= 15 is 0 Å². The highest BCUT2D eigenvalue weighted by Gasteiger charge is 2.36. The lowest BCUT2D eigenvalue weighted by molar-refractivity contribution is -0.137. The van der Waals surface area contributed by atoms with E-state index in [1.165, 1.54) is 80.6 Å². The Kier molecular flexibility index (Phi) is 14.1. The van der Waals surface area contributed by atoms with Crippen molar-refractivity contribution in [3.8, 4) is 39.9 Å². The van der Waals surface area contributed by atoms with Crippen LogP contribution in [0.25, 0.3) is 33.8 Å². The fraction of sp³-hybridized carbons (Fsp3) is 0.234. The van der Waals surface area contributed by atoms with E-state index in [-0.39, 0.29) is 85.6 Å². The molecule has 0 unspecified atom stereocenters. The number of aliphatic hydroxyl groups is 3. The average Bonchev–Trinajstić information content (AvgIpc) is 3.86. The molecule has 2 amide bonds. The third-order valence-corrected chi connectivity index (χ3v) is 10.5. The van der Waals surface area contributed by atoms with Crippen LogP contribution in [-0.2, 0) is 12.4 Å². The molecule has 0 aliphatic heterocycles. The van der Waals surface area contributed by atoms with Gasteiger partial charge in [-0.05, 0) is 56.7 Å². The fourth-order valence-electron chi connectivity index (χ4n) is 7.33. The highest BCUT2D eigenvalue weighted by Crippen LogP contribution is 2.40. The first kappa shape index (κ1) is 50.1. The van der Waals surface area contributed by atoms with Gasteiger partial charge < -0.3 is 40.2 Å². The number of pyridine rings is 2. The van der Waals surface area contributed by atoms with Crippen LogP contribution in [0.3, 0.4) is 0 Å². The van der Waals surface area contributed by atoms with E-state index < -0.39 is 79.7 Å². The average molecular weight is 1000 g/mol. The number of carbonyl (C=O) groups is 2. The molecule has 8 aromatic rings. The molecule has 0 fully saturated rings. The number of nitrogens with one attached hydrogen (secondary N) is 2. The molecule has 374 valence electrons. The number of amides is 2. The van der Waals surface area contributed by atoms with E-state index in [4.69, 9.17) is 14.2 Å². The summed E-state index contributed by atoms with van der Waals surface area (Å²) in [5.74, 6) is -2.94. The summed E-state index contributed by atoms with van der Waals surface area (Å²) >= 11 is 0. The second-order valence-corrected chi connectivity index (χ2v) is 16.0. The van der Waals surface area contributed by atoms with Gasteiger partial charge in [0.1, 0.15) is 49.5 Å². The minimum absolute atomic E-state index is 0.0457. The van der Waals surface area contributed by atoms with Crippen molar-refractivity contribution in [3.63, 3.8) is 0 Å². The monoisotopic (exact) mass is 1000 g/mol. The Bertz CT molecular complexity index is 3330. The summed E-state index contributed by atoms with van der Waals surface area (Å²) in [6.07, 6.45) is -11.6. The number of carbonyl (C=O) groups excluding carboxylic acids is 2. The lowest BCUT2D eigenvalue weighted by Gasteiger charge is -2.16. The number of anilines is 2. The molecule has 0 aliphatic carbocycles. The summed E-state index contributed by atoms with van der Waals surface area (Å²) in [4.78, 5) is 44.4. The number of benzene rings is 2. The molecule has 2 aromatic carbocycles. The molecule has 6 heterocycles. The minimum Gasteiger partial charge on any atom is -0.487 e. The summed E-state index contributed by atoms with van der Waals surface area (Å²) < 4.78 is 118. The number of alkyl halides is 6. The van der Waals surface area contributed by atoms with Gasteiger partial charge in [-0.3, -0.25) is 9.59 Å². The summed E-state index contributed by atoms with van der Waals surface area (Å²) in [5, 5.41) is 44.2. The van der Waals surface area contributed by atoms with Crippen LogP contribution in [0.15, 0.2) is 91.1 Å². The van der Waals surface area contributed by atoms with Gasteiger partial charge in [-0.1, -0.05) is 36.4 Å². The molecular formula is C47H39F7N10O8. The van der Waals surface area contributed by atoms with Crippen molar-refractivity contribution in [3.05, 3.63) is 136 Å². The molecule has 0 aliphatic rings. The summed E-state index contributed by atoms with van der Waals surface area (Å²) in [7, 11) is 0. The smallest absolute Gasteiger partial charge is 0.417 e. The summed E-state index contributed by atoms with van der Waals surface area (Å²) in [6, 6.07) is 16.7. The van der Waals surface area contributed by atoms with E-state index in [9.17, 15) is 55.6 Å². The van der Waals surface area contributed by atoms with Gasteiger partial charge in [-0.2, -0.15) is 41.5 Å². The van der Waals surface area contributed by atoms with Crippen LogP contribution in [0.4, 0.5) is 42.4 Å². The number of aromatic nitrogens is 8. The molecule has 18 nitrogen and oxygen atoms in total. The topological polar surface area (TPSA) is 233 Å². The molecule has 0 spiro atoms. The van der Waals surface area contributed by atoms with E-state index in [1.807, 2.05) is 0 Å². The van der Waals surface area contributed by atoms with E-state index in [0.29, 0.717) is 5.56 Å². The third-order valence-electron chi connectivity index (χ3n) is 10.5. The van der Waals surface area contributed by atoms with Gasteiger partial charge in [-0.15, -0.1) is 0 Å². The maximum Gasteiger partial charge on any atom is 0.417 e. The van der Waals surface area contributed by atoms with Crippen LogP contribution < -0.4 is 24.8 Å². The zero-order valence-corrected chi connectivity index (χ0v) is 37.7. The van der Waals surface area contributed by atoms with Crippen LogP contribution in [0.5, 0.6) is 17.4 Å². The van der Waals surface area contributed by atoms with Crippen LogP contribution in [0, 0.1) is 26.6 Å². The summed E-state index contributed by atoms with van der Waals surface area (Å²) in [6.45, 7) is 2.30. The number of halogens is 7. The Labute approximate surface area is 401 Å². The first-order valence-corrected chi connectivity index (χ1v) is 21.4. The Balaban J connectivity index is 1.03. The Hall–Kier alpha value is -8.29. The first-order valence-electron chi connectivity index (χ1n) is 21.4. The molecule has 0 saturated heterocycles. The zero-order chi connectivity index (χ0) is 51.6. The number of aryl methyl sites for hydroxylation is 3. The van der Waals surface area contributed by atoms with Crippen molar-refractivity contribution in [2.24, 2.45) is 0 Å². The Morgan fingerprint density at radius 1 is 0.639 bits per heavy atom. The fourth-order valence-corrected chi connectivity index (χ4v) is 7.33. The van der Waals surface area contributed by atoms with E-state index in [0.717, 1.165) is 33.4 Å². The second kappa shape index (κ2) is 20.2. The van der Waals surface area contributed by atoms with Gasteiger partial charge in [-0.25, -0.2) is 28.4 Å². The number of aliphatic hydroxyl groups excluding tert-OH is 3. The van der Waals surface area contributed by atoms with Crippen molar-refractivity contribution in [2.75, 3.05) is 37.1 Å². The predicted molar refractivity (Wildman–Crippen MR) is 241 cm³/mol. The van der Waals surface area contributed by atoms with Gasteiger partial charge in [0.15, 0.2) is 34.2 Å². The van der Waals surface area contributed by atoms with E-state index in [2.05, 4.69) is 40.8 Å². The maximum absolute atomic E-state index is 14.2. The quantitative estimate of drug-likeness (QED) is 0.0611. The van der Waals surface area contributed by atoms with Crippen molar-refractivity contribution in [1.82, 2.24) is 39.2 Å².